The third-order valence-electron chi connectivity index (χ3n) is 26.8. The second-order valence-corrected chi connectivity index (χ2v) is 44.6. The number of thiophene rings is 1. The number of nitrogens with zero attached hydrogens (tertiary/aromatic N) is 22. The molecule has 149 heavy (non-hydrogen) atoms. The highest BCUT2D eigenvalue weighted by atomic mass is 79.9. The lowest BCUT2D eigenvalue weighted by atomic mass is 10.1. The number of hydrogen-bond acceptors (Lipinski definition) is 32. The fraction of sp³-hybridized carbons (Fsp3) is 0.505. The van der Waals surface area contributed by atoms with Gasteiger partial charge in [0.25, 0.3) is 0 Å². The second-order valence-electron chi connectivity index (χ2n) is 41.8. The van der Waals surface area contributed by atoms with Gasteiger partial charge in [-0.1, -0.05) is 12.1 Å². The molecule has 10 aromatic heterocycles. The summed E-state index contributed by atoms with van der Waals surface area (Å²) in [6, 6.07) is 49.0. The van der Waals surface area contributed by atoms with E-state index < -0.39 is 0 Å². The van der Waals surface area contributed by atoms with Crippen LogP contribution in [-0.4, -0.2) is 349 Å². The zero-order valence-electron chi connectivity index (χ0n) is 89.8. The number of fused-ring (bicyclic) bond motifs is 15. The maximum absolute atomic E-state index is 9.10. The van der Waals surface area contributed by atoms with E-state index in [2.05, 4.69) is 308 Å². The van der Waals surface area contributed by atoms with Crippen LogP contribution in [-0.2, 0) is 72.1 Å². The minimum absolute atomic E-state index is 0.0608. The van der Waals surface area contributed by atoms with Crippen molar-refractivity contribution in [1.82, 2.24) is 107 Å². The average molecular weight is 2140 g/mol. The van der Waals surface area contributed by atoms with Crippen LogP contribution in [0.3, 0.4) is 0 Å². The summed E-state index contributed by atoms with van der Waals surface area (Å²) in [5.41, 5.74) is 11.9. The van der Waals surface area contributed by atoms with Crippen molar-refractivity contribution in [1.29, 1.82) is 0 Å². The number of rotatable bonds is 46. The van der Waals surface area contributed by atoms with E-state index >= 15 is 0 Å². The minimum atomic E-state index is -0.0608. The lowest BCUT2D eigenvalue weighted by molar-refractivity contribution is 0.225. The number of nitrogens with one attached hydrogen (secondary N) is 5. The number of thiazole rings is 1. The van der Waals surface area contributed by atoms with Gasteiger partial charge in [-0.15, -0.1) is 22.7 Å². The summed E-state index contributed by atoms with van der Waals surface area (Å²) in [6.07, 6.45) is 8.41. The van der Waals surface area contributed by atoms with Crippen molar-refractivity contribution in [2.75, 3.05) is 264 Å². The Hall–Kier alpha value is -11.5. The Bertz CT molecular complexity index is 6240. The van der Waals surface area contributed by atoms with Gasteiger partial charge in [-0.2, -0.15) is 0 Å². The topological polar surface area (TPSA) is 300 Å². The van der Waals surface area contributed by atoms with Gasteiger partial charge < -0.3 is 121 Å². The van der Waals surface area contributed by atoms with Gasteiger partial charge in [-0.3, -0.25) is 14.7 Å². The van der Waals surface area contributed by atoms with Crippen molar-refractivity contribution in [2.24, 2.45) is 29.6 Å². The maximum Gasteiger partial charge on any atom is 0.203 e. The first-order valence-corrected chi connectivity index (χ1v) is 55.0. The fourth-order valence-corrected chi connectivity index (χ4v) is 22.0. The average Bonchev–Trinajstić information content (AvgIpc) is 1.65. The van der Waals surface area contributed by atoms with E-state index in [4.69, 9.17) is 62.5 Å². The Labute approximate surface area is 894 Å². The summed E-state index contributed by atoms with van der Waals surface area (Å²) < 4.78 is 53.5. The molecule has 15 aromatic rings. The Kier molecular flexibility index (Phi) is 40.3. The number of pyridine rings is 1. The van der Waals surface area contributed by atoms with Gasteiger partial charge in [0.1, 0.15) is 62.2 Å². The Morgan fingerprint density at radius 1 is 0.349 bits per heavy atom. The maximum atomic E-state index is 9.10. The van der Waals surface area contributed by atoms with Crippen molar-refractivity contribution < 1.29 is 37.6 Å². The molecule has 5 atom stereocenters. The molecule has 35 nitrogen and oxygen atoms in total. The van der Waals surface area contributed by atoms with Crippen LogP contribution < -0.4 is 50.3 Å². The molecule has 0 aliphatic carbocycles. The van der Waals surface area contributed by atoms with Crippen molar-refractivity contribution in [3.8, 4) is 28.7 Å². The number of hydrogen-bond donors (Lipinski definition) is 6. The molecule has 20 rings (SSSR count). The number of aliphatic hydroxyl groups is 1. The summed E-state index contributed by atoms with van der Waals surface area (Å²) in [6.45, 7) is 27.6. The number of anilines is 5. The van der Waals surface area contributed by atoms with E-state index in [1.807, 2.05) is 95.7 Å². The van der Waals surface area contributed by atoms with Crippen LogP contribution >= 0.6 is 38.6 Å². The van der Waals surface area contributed by atoms with E-state index in [9.17, 15) is 0 Å². The number of furan rings is 2. The van der Waals surface area contributed by atoms with Gasteiger partial charge in [0, 0.05) is 220 Å². The van der Waals surface area contributed by atoms with Gasteiger partial charge in [0.15, 0.2) is 0 Å². The largest absolute Gasteiger partial charge is 0.493 e. The van der Waals surface area contributed by atoms with E-state index in [1.165, 1.54) is 4.88 Å². The normalized spacial score (nSPS) is 16.2. The Balaban J connectivity index is 0.000000133. The first-order valence-electron chi connectivity index (χ1n) is 52.5. The van der Waals surface area contributed by atoms with Crippen LogP contribution in [0.4, 0.5) is 29.7 Å². The lowest BCUT2D eigenvalue weighted by Gasteiger charge is -2.27. The second kappa shape index (κ2) is 54.5. The van der Waals surface area contributed by atoms with Crippen LogP contribution in [0.5, 0.6) is 28.7 Å². The van der Waals surface area contributed by atoms with E-state index in [0.717, 1.165) is 343 Å². The predicted molar refractivity (Wildman–Crippen MR) is 605 cm³/mol. The molecule has 0 spiro atoms. The van der Waals surface area contributed by atoms with Crippen molar-refractivity contribution in [3.63, 3.8) is 0 Å². The van der Waals surface area contributed by atoms with Crippen LogP contribution in [0.2, 0.25) is 0 Å². The highest BCUT2D eigenvalue weighted by Crippen LogP contribution is 2.36. The number of halogens is 1. The predicted octanol–water partition coefficient (Wildman–Crippen LogP) is 16.1. The molecule has 5 aromatic carbocycles. The summed E-state index contributed by atoms with van der Waals surface area (Å²) >= 11 is 6.95. The summed E-state index contributed by atoms with van der Waals surface area (Å²) in [7, 11) is 31.8. The van der Waals surface area contributed by atoms with Crippen molar-refractivity contribution in [2.45, 2.75) is 104 Å². The number of benzene rings is 5. The molecular weight excluding hydrogens is 1980 g/mol. The Morgan fingerprint density at radius 3 is 0.987 bits per heavy atom. The van der Waals surface area contributed by atoms with Crippen molar-refractivity contribution >= 4 is 124 Å². The molecule has 0 saturated carbocycles. The minimum Gasteiger partial charge on any atom is -0.493 e. The number of aromatic nitrogens is 12. The smallest absolute Gasteiger partial charge is 0.203 e. The molecule has 0 radical (unpaired) electrons. The SMILES string of the molecule is CN(C)CC1CNc2nc3ccc(OCCCN(C)Cc4ccc(CO)o4)cc3n2C1.CN(C)CC1CNc2nc3ccc(OCCCN(C)Cc4cccc(Br)n4)cc3n2C1.CN(C)CC1CNc2nc3ccc(OCCCN(C)Cc4ccco4)cc3n2C1.CN(C)CC1CNc2nc3ccc(OCCCN(C)Cc4cccs4)cc3n2C1.CN(C)CC1CNc2nc3ccc(OCCCN(C)Cc4nccs4)cc3n2C1. The fourth-order valence-electron chi connectivity index (χ4n) is 20.1. The molecule has 15 heterocycles. The Morgan fingerprint density at radius 2 is 0.685 bits per heavy atom. The standard InChI is InChI=1S/C23H31BrN6O.C23H33N5O3.C22H31N5O2.C22H31N5OS.C21H30N6OS/c1-28(2)14-17-13-25-23-27-20-9-8-19(12-21(20)30(23)15-17)31-11-5-10-29(3)16-18-6-4-7-22(24)26-18;1-26(2)13-17-12-24-23-25-21-8-7-18(11-22(21)28(23)14-17)30-10-4-9-27(3)15-19-5-6-20(16-29)31-19;1-25(2)14-17-13-23-22-24-20-8-7-18(12-21(20)27(22)15-17)28-11-5-9-26(3)16-19-6-4-10-29-19;1-25(2)14-17-13-23-22-24-20-8-7-18(12-21(20)27(22)15-17)28-10-5-9-26(3)16-19-6-4-11-29-19;1-25(2)13-16-12-23-21-24-18-6-5-17(11-19(18)27(21)14-16)28-9-4-8-26(3)15-20-22-7-10-29-20/h4,6-9,12,17H,5,10-11,13-16H2,1-3H3,(H,25,27);5-8,11,17,29H,4,9-10,12-16H2,1-3H3,(H,24,25);4,6-8,10,12,17H,5,9,11,13-16H2,1-3H3,(H,23,24);4,6-8,11-12,17H,5,9-10,13-16H2,1-3H3,(H,23,24);5-7,10-11,16H,4,8-9,12-15H2,1-3H3,(H,23,24). The third kappa shape index (κ3) is 32.5. The summed E-state index contributed by atoms with van der Waals surface area (Å²) in [4.78, 5) is 56.5. The first-order chi connectivity index (χ1) is 72.2. The van der Waals surface area contributed by atoms with Gasteiger partial charge in [-0.25, -0.2) is 34.9 Å². The number of aliphatic hydroxyl groups excluding tert-OH is 1. The van der Waals surface area contributed by atoms with E-state index in [1.54, 1.807) is 17.6 Å². The van der Waals surface area contributed by atoms with Gasteiger partial charge in [0.05, 0.1) is 120 Å². The quantitative estimate of drug-likeness (QED) is 0.0153. The van der Waals surface area contributed by atoms with Gasteiger partial charge in [-0.05, 0) is 262 Å². The van der Waals surface area contributed by atoms with Crippen LogP contribution in [0.25, 0.3) is 55.2 Å². The zero-order valence-corrected chi connectivity index (χ0v) is 93.1. The highest BCUT2D eigenvalue weighted by molar-refractivity contribution is 9.10. The molecule has 0 fully saturated rings. The molecule has 38 heteroatoms. The molecule has 5 unspecified atom stereocenters. The third-order valence-corrected chi connectivity index (χ3v) is 28.9. The van der Waals surface area contributed by atoms with Gasteiger partial charge >= 0.3 is 0 Å². The van der Waals surface area contributed by atoms with Crippen LogP contribution in [0, 0.1) is 29.6 Å². The van der Waals surface area contributed by atoms with Gasteiger partial charge in [0.2, 0.25) is 29.7 Å². The van der Waals surface area contributed by atoms with E-state index in [-0.39, 0.29) is 6.61 Å². The molecule has 802 valence electrons. The summed E-state index contributed by atoms with van der Waals surface area (Å²) in [5.74, 6) is 14.7. The molecule has 0 saturated heterocycles. The highest BCUT2D eigenvalue weighted by Gasteiger charge is 2.30. The first kappa shape index (κ1) is 110. The number of imidazole rings is 5. The van der Waals surface area contributed by atoms with Crippen LogP contribution in [0.1, 0.15) is 65.0 Å². The lowest BCUT2D eigenvalue weighted by Crippen LogP contribution is -2.34. The molecule has 6 N–H and O–H groups in total. The molecule has 5 aliphatic rings. The zero-order chi connectivity index (χ0) is 104. The van der Waals surface area contributed by atoms with Crippen LogP contribution in [0.15, 0.2) is 182 Å². The molecule has 0 bridgehead atoms. The molecular formula is C111H156BrN27O8S2. The molecule has 5 aliphatic heterocycles. The monoisotopic (exact) mass is 2140 g/mol. The molecule has 0 amide bonds. The summed E-state index contributed by atoms with van der Waals surface area (Å²) in [5, 5.41) is 31.8. The number of ether oxygens (including phenoxy) is 5. The van der Waals surface area contributed by atoms with E-state index in [0.29, 0.717) is 61.8 Å². The van der Waals surface area contributed by atoms with Crippen molar-refractivity contribution in [3.05, 3.63) is 206 Å².